The van der Waals surface area contributed by atoms with E-state index in [9.17, 15) is 9.46 Å². The highest BCUT2D eigenvalue weighted by molar-refractivity contribution is 7.32. The SMILES string of the molecule is CCCCCCCCCCOc1c(C(C)(C)C)cc(CO[P+](=O)O)c(CCCCCCCCCC)c1C(C)(C)C. The van der Waals surface area contributed by atoms with Crippen LogP contribution in [0.3, 0.4) is 0 Å². The third-order valence-corrected chi connectivity index (χ3v) is 8.24. The van der Waals surface area contributed by atoms with Crippen LogP contribution in [0.4, 0.5) is 0 Å². The Bertz CT molecular complexity index is 835. The molecule has 0 aliphatic rings. The minimum Gasteiger partial charge on any atom is -0.493 e. The largest absolute Gasteiger partial charge is 0.695 e. The van der Waals surface area contributed by atoms with Gasteiger partial charge in [-0.15, -0.1) is 9.42 Å². The van der Waals surface area contributed by atoms with Crippen LogP contribution >= 0.6 is 8.25 Å². The molecule has 1 N–H and O–H groups in total. The minimum absolute atomic E-state index is 0.123. The van der Waals surface area contributed by atoms with E-state index in [1.54, 1.807) is 0 Å². The molecule has 0 bridgehead atoms. The fraction of sp³-hybridized carbons (Fsp3) is 0.829. The summed E-state index contributed by atoms with van der Waals surface area (Å²) in [5.74, 6) is 1.04. The van der Waals surface area contributed by atoms with Gasteiger partial charge >= 0.3 is 8.25 Å². The molecular weight excluding hydrogens is 515 g/mol. The number of hydrogen-bond acceptors (Lipinski definition) is 3. The summed E-state index contributed by atoms with van der Waals surface area (Å²) < 4.78 is 23.6. The van der Waals surface area contributed by atoms with Crippen molar-refractivity contribution in [2.24, 2.45) is 0 Å². The first-order chi connectivity index (χ1) is 18.9. The maximum absolute atomic E-state index is 11.5. The zero-order chi connectivity index (χ0) is 30.0. The lowest BCUT2D eigenvalue weighted by Crippen LogP contribution is -2.23. The van der Waals surface area contributed by atoms with Gasteiger partial charge in [-0.25, -0.2) is 0 Å². The van der Waals surface area contributed by atoms with Gasteiger partial charge in [-0.05, 0) is 47.3 Å². The molecule has 0 aliphatic heterocycles. The molecule has 40 heavy (non-hydrogen) atoms. The molecular formula is C35H64O4P+. The van der Waals surface area contributed by atoms with Crippen molar-refractivity contribution in [2.45, 2.75) is 182 Å². The zero-order valence-corrected chi connectivity index (χ0v) is 28.5. The molecule has 0 heterocycles. The van der Waals surface area contributed by atoms with Crippen molar-refractivity contribution in [3.63, 3.8) is 0 Å². The highest BCUT2D eigenvalue weighted by atomic mass is 31.1. The average molecular weight is 580 g/mol. The predicted molar refractivity (Wildman–Crippen MR) is 173 cm³/mol. The van der Waals surface area contributed by atoms with Crippen LogP contribution < -0.4 is 4.74 Å². The van der Waals surface area contributed by atoms with Gasteiger partial charge in [-0.3, -0.25) is 0 Å². The Morgan fingerprint density at radius 1 is 0.700 bits per heavy atom. The van der Waals surface area contributed by atoms with Gasteiger partial charge in [-0.1, -0.05) is 145 Å². The van der Waals surface area contributed by atoms with Gasteiger partial charge in [0.15, 0.2) is 0 Å². The molecule has 0 aromatic heterocycles. The van der Waals surface area contributed by atoms with Gasteiger partial charge < -0.3 is 4.74 Å². The lowest BCUT2D eigenvalue weighted by atomic mass is 9.74. The van der Waals surface area contributed by atoms with Crippen molar-refractivity contribution in [3.05, 3.63) is 28.3 Å². The predicted octanol–water partition coefficient (Wildman–Crippen LogP) is 11.7. The quantitative estimate of drug-likeness (QED) is 0.110. The summed E-state index contributed by atoms with van der Waals surface area (Å²) in [6, 6.07) is 2.21. The van der Waals surface area contributed by atoms with Gasteiger partial charge in [0.1, 0.15) is 12.4 Å². The summed E-state index contributed by atoms with van der Waals surface area (Å²) in [6.45, 7) is 18.9. The third-order valence-electron chi connectivity index (χ3n) is 7.89. The highest BCUT2D eigenvalue weighted by Crippen LogP contribution is 2.44. The second-order valence-corrected chi connectivity index (χ2v) is 14.6. The first-order valence-electron chi connectivity index (χ1n) is 16.5. The summed E-state index contributed by atoms with van der Waals surface area (Å²) in [6.07, 6.45) is 21.4. The van der Waals surface area contributed by atoms with Crippen molar-refractivity contribution in [3.8, 4) is 5.75 Å². The van der Waals surface area contributed by atoms with Gasteiger partial charge in [-0.2, -0.15) is 0 Å². The lowest BCUT2D eigenvalue weighted by molar-refractivity contribution is 0.268. The van der Waals surface area contributed by atoms with Crippen LogP contribution in [0.15, 0.2) is 6.07 Å². The van der Waals surface area contributed by atoms with E-state index in [-0.39, 0.29) is 17.4 Å². The molecule has 4 nitrogen and oxygen atoms in total. The van der Waals surface area contributed by atoms with E-state index in [1.165, 1.54) is 107 Å². The van der Waals surface area contributed by atoms with Crippen molar-refractivity contribution < 1.29 is 18.7 Å². The van der Waals surface area contributed by atoms with Crippen LogP contribution in [-0.4, -0.2) is 11.5 Å². The van der Waals surface area contributed by atoms with Crippen LogP contribution in [0.1, 0.15) is 180 Å². The number of benzene rings is 1. The van der Waals surface area contributed by atoms with Crippen LogP contribution in [-0.2, 0) is 32.9 Å². The third kappa shape index (κ3) is 14.8. The molecule has 1 rings (SSSR count). The average Bonchev–Trinajstić information content (AvgIpc) is 2.86. The van der Waals surface area contributed by atoms with Gasteiger partial charge in [0, 0.05) is 15.7 Å². The molecule has 232 valence electrons. The van der Waals surface area contributed by atoms with Crippen molar-refractivity contribution in [1.29, 1.82) is 0 Å². The molecule has 0 fully saturated rings. The molecule has 0 saturated carbocycles. The molecule has 1 atom stereocenters. The van der Waals surface area contributed by atoms with Gasteiger partial charge in [0.2, 0.25) is 0 Å². The van der Waals surface area contributed by atoms with Crippen molar-refractivity contribution in [1.82, 2.24) is 0 Å². The highest BCUT2D eigenvalue weighted by Gasteiger charge is 2.32. The van der Waals surface area contributed by atoms with Gasteiger partial charge in [0.25, 0.3) is 0 Å². The van der Waals surface area contributed by atoms with Crippen molar-refractivity contribution >= 4 is 8.25 Å². The number of rotatable bonds is 22. The monoisotopic (exact) mass is 579 g/mol. The maximum Gasteiger partial charge on any atom is 0.695 e. The van der Waals surface area contributed by atoms with Crippen LogP contribution in [0.2, 0.25) is 0 Å². The van der Waals surface area contributed by atoms with E-state index in [4.69, 9.17) is 9.26 Å². The van der Waals surface area contributed by atoms with Crippen LogP contribution in [0.25, 0.3) is 0 Å². The Labute approximate surface area is 249 Å². The first kappa shape index (κ1) is 37.1. The smallest absolute Gasteiger partial charge is 0.493 e. The first-order valence-corrected chi connectivity index (χ1v) is 17.7. The number of ether oxygens (including phenoxy) is 1. The standard InChI is InChI=1S/C35H63O4P/c1-9-11-13-15-17-19-21-23-25-30-29(28-39-40(36)37)27-31(34(3,4)5)33(32(30)35(6,7)8)38-26-24-22-20-18-16-14-12-10-2/h27H,9-26,28H2,1-8H3/p+1. The molecule has 0 spiro atoms. The Morgan fingerprint density at radius 2 is 1.18 bits per heavy atom. The van der Waals surface area contributed by atoms with E-state index >= 15 is 0 Å². The van der Waals surface area contributed by atoms with Crippen molar-refractivity contribution in [2.75, 3.05) is 6.61 Å². The number of unbranched alkanes of at least 4 members (excludes halogenated alkanes) is 14. The molecule has 0 aliphatic carbocycles. The fourth-order valence-corrected chi connectivity index (χ4v) is 5.89. The van der Waals surface area contributed by atoms with E-state index < -0.39 is 8.25 Å². The normalized spacial score (nSPS) is 12.7. The summed E-state index contributed by atoms with van der Waals surface area (Å²) in [5, 5.41) is 0. The topological polar surface area (TPSA) is 55.8 Å². The second-order valence-electron chi connectivity index (χ2n) is 13.8. The maximum atomic E-state index is 11.5. The molecule has 1 aromatic carbocycles. The second kappa shape index (κ2) is 20.0. The number of hydrogen-bond donors (Lipinski definition) is 1. The molecule has 1 aromatic rings. The molecule has 0 amide bonds. The van der Waals surface area contributed by atoms with Crippen LogP contribution in [0, 0.1) is 0 Å². The van der Waals surface area contributed by atoms with E-state index in [0.29, 0.717) is 0 Å². The molecule has 5 heteroatoms. The Balaban J connectivity index is 3.17. The lowest BCUT2D eigenvalue weighted by Gasteiger charge is -2.33. The van der Waals surface area contributed by atoms with Gasteiger partial charge in [0.05, 0.1) is 6.61 Å². The Kier molecular flexibility index (Phi) is 18.6. The minimum atomic E-state index is -2.65. The summed E-state index contributed by atoms with van der Waals surface area (Å²) in [5.41, 5.74) is 4.48. The summed E-state index contributed by atoms with van der Waals surface area (Å²) >= 11 is 0. The molecule has 0 radical (unpaired) electrons. The summed E-state index contributed by atoms with van der Waals surface area (Å²) in [4.78, 5) is 9.46. The fourth-order valence-electron chi connectivity index (χ4n) is 5.64. The zero-order valence-electron chi connectivity index (χ0n) is 27.6. The van der Waals surface area contributed by atoms with E-state index in [2.05, 4.69) is 61.5 Å². The van der Waals surface area contributed by atoms with E-state index in [1.807, 2.05) is 0 Å². The Hall–Kier alpha value is -0.960. The Morgan fingerprint density at radius 3 is 1.62 bits per heavy atom. The van der Waals surface area contributed by atoms with E-state index in [0.717, 1.165) is 37.2 Å². The molecule has 0 saturated heterocycles. The van der Waals surface area contributed by atoms with Crippen LogP contribution in [0.5, 0.6) is 5.75 Å². The molecule has 1 unspecified atom stereocenters. The summed E-state index contributed by atoms with van der Waals surface area (Å²) in [7, 11) is -2.65.